The average molecular weight is 474 g/mol. The van der Waals surface area contributed by atoms with Crippen LogP contribution in [0.5, 0.6) is 0 Å². The van der Waals surface area contributed by atoms with Crippen LogP contribution in [-0.2, 0) is 13.0 Å². The monoisotopic (exact) mass is 473 g/mol. The van der Waals surface area contributed by atoms with Crippen LogP contribution < -0.4 is 5.32 Å². The van der Waals surface area contributed by atoms with Gasteiger partial charge in [-0.3, -0.25) is 0 Å². The first-order valence-corrected chi connectivity index (χ1v) is 11.6. The fourth-order valence-electron chi connectivity index (χ4n) is 4.53. The number of urea groups is 1. The fourth-order valence-corrected chi connectivity index (χ4v) is 4.94. The first-order valence-electron chi connectivity index (χ1n) is 10.8. The number of nitrogens with zero attached hydrogens (tertiary/aromatic N) is 2. The van der Waals surface area contributed by atoms with E-state index in [0.29, 0.717) is 12.5 Å². The molecule has 160 valence electrons. The van der Waals surface area contributed by atoms with E-state index in [1.54, 1.807) is 12.1 Å². The van der Waals surface area contributed by atoms with E-state index in [9.17, 15) is 9.18 Å². The fraction of sp³-hybridized carbons (Fsp3) is 0.458. The predicted molar refractivity (Wildman–Crippen MR) is 121 cm³/mol. The third-order valence-electron chi connectivity index (χ3n) is 6.29. The van der Waals surface area contributed by atoms with Crippen LogP contribution in [0.15, 0.2) is 53.0 Å². The lowest BCUT2D eigenvalue weighted by Gasteiger charge is -2.32. The largest absolute Gasteiger partial charge is 0.333 e. The van der Waals surface area contributed by atoms with Crippen LogP contribution in [0, 0.1) is 11.7 Å². The van der Waals surface area contributed by atoms with Crippen LogP contribution in [0.2, 0.25) is 0 Å². The maximum atomic E-state index is 13.5. The molecule has 0 aromatic heterocycles. The van der Waals surface area contributed by atoms with Crippen LogP contribution >= 0.6 is 15.9 Å². The van der Waals surface area contributed by atoms with Crippen molar-refractivity contribution in [1.82, 2.24) is 15.1 Å². The number of nitrogens with one attached hydrogen (secondary N) is 1. The van der Waals surface area contributed by atoms with Crippen molar-refractivity contribution in [3.63, 3.8) is 0 Å². The second-order valence-corrected chi connectivity index (χ2v) is 9.38. The van der Waals surface area contributed by atoms with E-state index in [0.717, 1.165) is 61.9 Å². The summed E-state index contributed by atoms with van der Waals surface area (Å²) in [5.74, 6) is 0.442. The molecule has 1 unspecified atom stereocenters. The van der Waals surface area contributed by atoms with Crippen LogP contribution in [0.4, 0.5) is 9.18 Å². The highest BCUT2D eigenvalue weighted by Crippen LogP contribution is 2.26. The molecule has 1 N–H and O–H groups in total. The molecule has 4 rings (SSSR count). The number of halogens is 2. The average Bonchev–Trinajstić information content (AvgIpc) is 3.10. The number of rotatable bonds is 7. The number of piperidine rings is 1. The lowest BCUT2D eigenvalue weighted by atomic mass is 9.90. The second kappa shape index (κ2) is 9.92. The lowest BCUT2D eigenvalue weighted by Crippen LogP contribution is -2.38. The molecule has 2 aromatic carbocycles. The number of likely N-dealkylation sites (tertiary alicyclic amines) is 1. The predicted octanol–water partition coefficient (Wildman–Crippen LogP) is 4.83. The zero-order valence-corrected chi connectivity index (χ0v) is 18.8. The Balaban J connectivity index is 1.19. The van der Waals surface area contributed by atoms with Crippen molar-refractivity contribution in [2.24, 2.45) is 5.92 Å². The smallest absolute Gasteiger partial charge is 0.318 e. The topological polar surface area (TPSA) is 35.6 Å². The summed E-state index contributed by atoms with van der Waals surface area (Å²) >= 11 is 3.55. The van der Waals surface area contributed by atoms with Crippen molar-refractivity contribution < 1.29 is 9.18 Å². The minimum Gasteiger partial charge on any atom is -0.333 e. The number of amides is 2. The maximum absolute atomic E-state index is 13.5. The van der Waals surface area contributed by atoms with Gasteiger partial charge in [-0.15, -0.1) is 0 Å². The van der Waals surface area contributed by atoms with Gasteiger partial charge in [0.15, 0.2) is 0 Å². The molecule has 4 nitrogen and oxygen atoms in total. The molecule has 0 bridgehead atoms. The van der Waals surface area contributed by atoms with Crippen molar-refractivity contribution in [3.05, 3.63) is 69.9 Å². The molecule has 2 aliphatic heterocycles. The summed E-state index contributed by atoms with van der Waals surface area (Å²) in [4.78, 5) is 16.7. The highest BCUT2D eigenvalue weighted by Gasteiger charge is 2.29. The van der Waals surface area contributed by atoms with Gasteiger partial charge in [0.2, 0.25) is 0 Å². The Kier molecular flexibility index (Phi) is 7.05. The van der Waals surface area contributed by atoms with Crippen molar-refractivity contribution >= 4 is 22.0 Å². The zero-order chi connectivity index (χ0) is 20.9. The van der Waals surface area contributed by atoms with Gasteiger partial charge in [-0.2, -0.15) is 0 Å². The van der Waals surface area contributed by atoms with Gasteiger partial charge in [0.25, 0.3) is 0 Å². The third-order valence-corrected chi connectivity index (χ3v) is 7.06. The van der Waals surface area contributed by atoms with Gasteiger partial charge in [0.05, 0.1) is 0 Å². The van der Waals surface area contributed by atoms with Gasteiger partial charge < -0.3 is 15.1 Å². The van der Waals surface area contributed by atoms with E-state index in [4.69, 9.17) is 0 Å². The summed E-state index contributed by atoms with van der Waals surface area (Å²) in [7, 11) is 0. The molecule has 1 atom stereocenters. The second-order valence-electron chi connectivity index (χ2n) is 8.53. The van der Waals surface area contributed by atoms with Crippen LogP contribution in [0.25, 0.3) is 0 Å². The number of hydrogen-bond donors (Lipinski definition) is 1. The highest BCUT2D eigenvalue weighted by molar-refractivity contribution is 9.10. The minimum absolute atomic E-state index is 0.0447. The van der Waals surface area contributed by atoms with E-state index in [1.165, 1.54) is 11.6 Å². The third kappa shape index (κ3) is 5.61. The molecular formula is C24H29BrFN3O. The highest BCUT2D eigenvalue weighted by atomic mass is 79.9. The SMILES string of the molecule is O=C1NC(CCN2CCC(Cc3cc(F)ccc3Br)CC2)CN1Cc1ccccc1. The molecule has 2 fully saturated rings. The van der Waals surface area contributed by atoms with Gasteiger partial charge in [-0.05, 0) is 74.0 Å². The summed E-state index contributed by atoms with van der Waals surface area (Å²) in [6.45, 7) is 4.61. The Morgan fingerprint density at radius 3 is 2.63 bits per heavy atom. The summed E-state index contributed by atoms with van der Waals surface area (Å²) in [6, 6.07) is 15.4. The van der Waals surface area contributed by atoms with Gasteiger partial charge in [0.1, 0.15) is 5.82 Å². The van der Waals surface area contributed by atoms with Crippen LogP contribution in [0.3, 0.4) is 0 Å². The van der Waals surface area contributed by atoms with Crippen LogP contribution in [0.1, 0.15) is 30.4 Å². The maximum Gasteiger partial charge on any atom is 0.318 e. The Morgan fingerprint density at radius 2 is 1.87 bits per heavy atom. The summed E-state index contributed by atoms with van der Waals surface area (Å²) in [5.41, 5.74) is 2.24. The molecule has 0 saturated carbocycles. The van der Waals surface area contributed by atoms with Gasteiger partial charge >= 0.3 is 6.03 Å². The van der Waals surface area contributed by atoms with Crippen LogP contribution in [-0.4, -0.2) is 48.1 Å². The van der Waals surface area contributed by atoms with Gasteiger partial charge in [-0.1, -0.05) is 46.3 Å². The van der Waals surface area contributed by atoms with Crippen molar-refractivity contribution in [1.29, 1.82) is 0 Å². The first kappa shape index (κ1) is 21.3. The Morgan fingerprint density at radius 1 is 1.10 bits per heavy atom. The Labute approximate surface area is 186 Å². The van der Waals surface area contributed by atoms with E-state index in [2.05, 4.69) is 38.3 Å². The summed E-state index contributed by atoms with van der Waals surface area (Å²) in [5, 5.41) is 3.14. The number of benzene rings is 2. The van der Waals surface area contributed by atoms with E-state index >= 15 is 0 Å². The van der Waals surface area contributed by atoms with Crippen molar-refractivity contribution in [3.8, 4) is 0 Å². The standard InChI is InChI=1S/C24H29BrFN3O/c25-23-7-6-21(26)15-20(23)14-18-8-11-28(12-9-18)13-10-22-17-29(24(30)27-22)16-19-4-2-1-3-5-19/h1-7,15,18,22H,8-14,16-17H2,(H,27,30). The minimum atomic E-state index is -0.162. The molecule has 30 heavy (non-hydrogen) atoms. The zero-order valence-electron chi connectivity index (χ0n) is 17.2. The summed E-state index contributed by atoms with van der Waals surface area (Å²) in [6.07, 6.45) is 4.19. The number of hydrogen-bond acceptors (Lipinski definition) is 2. The summed E-state index contributed by atoms with van der Waals surface area (Å²) < 4.78 is 14.5. The number of carbonyl (C=O) groups excluding carboxylic acids is 1. The molecule has 2 aromatic rings. The Hall–Kier alpha value is -1.92. The normalized spacial score (nSPS) is 20.5. The quantitative estimate of drug-likeness (QED) is 0.624. The molecule has 2 saturated heterocycles. The van der Waals surface area contributed by atoms with E-state index < -0.39 is 0 Å². The molecular weight excluding hydrogens is 445 g/mol. The van der Waals surface area contributed by atoms with E-state index in [-0.39, 0.29) is 17.9 Å². The Bertz CT molecular complexity index is 855. The molecule has 2 aliphatic rings. The van der Waals surface area contributed by atoms with Crippen molar-refractivity contribution in [2.45, 2.75) is 38.3 Å². The first-order chi connectivity index (χ1) is 14.6. The molecule has 0 aliphatic carbocycles. The van der Waals surface area contributed by atoms with E-state index in [1.807, 2.05) is 23.1 Å². The van der Waals surface area contributed by atoms with Gasteiger partial charge in [-0.25, -0.2) is 9.18 Å². The van der Waals surface area contributed by atoms with Crippen molar-refractivity contribution in [2.75, 3.05) is 26.2 Å². The molecule has 2 amide bonds. The molecule has 0 radical (unpaired) electrons. The van der Waals surface area contributed by atoms with Gasteiger partial charge in [0, 0.05) is 30.1 Å². The molecule has 2 heterocycles. The number of carbonyl (C=O) groups is 1. The molecule has 0 spiro atoms. The lowest BCUT2D eigenvalue weighted by molar-refractivity contribution is 0.177. The molecule has 6 heteroatoms.